The van der Waals surface area contributed by atoms with Crippen LogP contribution in [0, 0.1) is 20.8 Å². The van der Waals surface area contributed by atoms with Crippen LogP contribution in [-0.2, 0) is 16.6 Å². The van der Waals surface area contributed by atoms with Crippen molar-refractivity contribution in [2.75, 3.05) is 37.8 Å². The molecule has 6 nitrogen and oxygen atoms in total. The van der Waals surface area contributed by atoms with Crippen LogP contribution >= 0.6 is 0 Å². The molecule has 0 saturated carbocycles. The Labute approximate surface area is 173 Å². The monoisotopic (exact) mass is 415 g/mol. The molecule has 1 heterocycles. The Balaban J connectivity index is 1.60. The van der Waals surface area contributed by atoms with Gasteiger partial charge in [-0.05, 0) is 49.6 Å². The minimum absolute atomic E-state index is 0.117. The van der Waals surface area contributed by atoms with Gasteiger partial charge in [0.1, 0.15) is 0 Å². The van der Waals surface area contributed by atoms with Gasteiger partial charge in [-0.2, -0.15) is 4.31 Å². The molecule has 156 valence electrons. The fraction of sp³-hybridized carbons (Fsp3) is 0.409. The van der Waals surface area contributed by atoms with Crippen LogP contribution in [0.15, 0.2) is 36.4 Å². The third-order valence-corrected chi connectivity index (χ3v) is 6.64. The predicted molar refractivity (Wildman–Crippen MR) is 117 cm³/mol. The lowest BCUT2D eigenvalue weighted by atomic mass is 10.0. The first-order chi connectivity index (χ1) is 13.6. The summed E-state index contributed by atoms with van der Waals surface area (Å²) in [6.45, 7) is 9.26. The Bertz CT molecular complexity index is 969. The fourth-order valence-corrected chi connectivity index (χ4v) is 4.63. The van der Waals surface area contributed by atoms with E-state index in [0.717, 1.165) is 28.9 Å². The molecule has 0 bridgehead atoms. The average molecular weight is 416 g/mol. The number of carbonyl (C=O) groups excluding carboxylic acids is 1. The molecule has 29 heavy (non-hydrogen) atoms. The second-order valence-corrected chi connectivity index (χ2v) is 9.85. The van der Waals surface area contributed by atoms with Crippen molar-refractivity contribution >= 4 is 21.6 Å². The van der Waals surface area contributed by atoms with Gasteiger partial charge in [-0.3, -0.25) is 9.69 Å². The third kappa shape index (κ3) is 5.44. The second-order valence-electron chi connectivity index (χ2n) is 7.86. The number of piperazine rings is 1. The molecule has 1 aliphatic heterocycles. The van der Waals surface area contributed by atoms with Crippen LogP contribution in [0.5, 0.6) is 0 Å². The number of rotatable bonds is 5. The highest BCUT2D eigenvalue weighted by Gasteiger charge is 2.23. The minimum Gasteiger partial charge on any atom is -0.322 e. The highest BCUT2D eigenvalue weighted by molar-refractivity contribution is 7.88. The molecule has 0 atom stereocenters. The van der Waals surface area contributed by atoms with E-state index in [9.17, 15) is 13.2 Å². The van der Waals surface area contributed by atoms with Crippen LogP contribution in [-0.4, -0.2) is 56.0 Å². The van der Waals surface area contributed by atoms with Crippen LogP contribution in [0.1, 0.15) is 32.6 Å². The molecule has 0 spiro atoms. The summed E-state index contributed by atoms with van der Waals surface area (Å²) in [5, 5.41) is 3.03. The summed E-state index contributed by atoms with van der Waals surface area (Å²) in [5.74, 6) is -0.117. The number of hydrogen-bond acceptors (Lipinski definition) is 4. The maximum absolute atomic E-state index is 12.7. The van der Waals surface area contributed by atoms with Gasteiger partial charge in [0.2, 0.25) is 10.0 Å². The topological polar surface area (TPSA) is 69.7 Å². The maximum Gasteiger partial charge on any atom is 0.255 e. The van der Waals surface area contributed by atoms with Crippen molar-refractivity contribution in [3.8, 4) is 0 Å². The molecule has 0 unspecified atom stereocenters. The molecule has 7 heteroatoms. The summed E-state index contributed by atoms with van der Waals surface area (Å²) in [5.41, 5.74) is 5.89. The highest BCUT2D eigenvalue weighted by atomic mass is 32.2. The van der Waals surface area contributed by atoms with Crippen molar-refractivity contribution in [3.63, 3.8) is 0 Å². The zero-order valence-corrected chi connectivity index (χ0v) is 18.3. The van der Waals surface area contributed by atoms with Gasteiger partial charge in [-0.15, -0.1) is 0 Å². The van der Waals surface area contributed by atoms with Gasteiger partial charge < -0.3 is 5.32 Å². The Morgan fingerprint density at radius 3 is 2.03 bits per heavy atom. The van der Waals surface area contributed by atoms with E-state index >= 15 is 0 Å². The molecule has 0 radical (unpaired) electrons. The van der Waals surface area contributed by atoms with Crippen LogP contribution in [0.3, 0.4) is 0 Å². The van der Waals surface area contributed by atoms with E-state index in [1.165, 1.54) is 16.1 Å². The first-order valence-corrected chi connectivity index (χ1v) is 11.6. The number of anilines is 1. The van der Waals surface area contributed by atoms with E-state index < -0.39 is 10.0 Å². The van der Waals surface area contributed by atoms with Crippen LogP contribution < -0.4 is 5.32 Å². The van der Waals surface area contributed by atoms with Crippen molar-refractivity contribution in [3.05, 3.63) is 64.2 Å². The maximum atomic E-state index is 12.7. The van der Waals surface area contributed by atoms with E-state index in [0.29, 0.717) is 31.7 Å². The first kappa shape index (κ1) is 21.5. The summed E-state index contributed by atoms with van der Waals surface area (Å²) >= 11 is 0. The highest BCUT2D eigenvalue weighted by Crippen LogP contribution is 2.23. The number of aryl methyl sites for hydroxylation is 3. The van der Waals surface area contributed by atoms with E-state index in [-0.39, 0.29) is 5.91 Å². The van der Waals surface area contributed by atoms with Gasteiger partial charge in [-0.1, -0.05) is 29.8 Å². The summed E-state index contributed by atoms with van der Waals surface area (Å²) in [7, 11) is -3.11. The number of amides is 1. The van der Waals surface area contributed by atoms with Crippen molar-refractivity contribution in [2.24, 2.45) is 0 Å². The van der Waals surface area contributed by atoms with E-state index in [2.05, 4.69) is 22.3 Å². The van der Waals surface area contributed by atoms with Crippen molar-refractivity contribution < 1.29 is 13.2 Å². The first-order valence-electron chi connectivity index (χ1n) is 9.79. The molecule has 1 aliphatic rings. The summed E-state index contributed by atoms with van der Waals surface area (Å²) in [6, 6.07) is 11.7. The number of nitrogens with zero attached hydrogens (tertiary/aromatic N) is 2. The Morgan fingerprint density at radius 2 is 1.52 bits per heavy atom. The quantitative estimate of drug-likeness (QED) is 0.815. The predicted octanol–water partition coefficient (Wildman–Crippen LogP) is 2.94. The Kier molecular flexibility index (Phi) is 6.41. The number of carbonyl (C=O) groups is 1. The smallest absolute Gasteiger partial charge is 0.255 e. The molecule has 1 saturated heterocycles. The zero-order chi connectivity index (χ0) is 21.2. The molecule has 0 aromatic heterocycles. The number of hydrogen-bond donors (Lipinski definition) is 1. The van der Waals surface area contributed by atoms with Gasteiger partial charge in [0.25, 0.3) is 5.91 Å². The summed E-state index contributed by atoms with van der Waals surface area (Å²) in [4.78, 5) is 14.9. The van der Waals surface area contributed by atoms with Gasteiger partial charge in [-0.25, -0.2) is 8.42 Å². The van der Waals surface area contributed by atoms with Crippen LogP contribution in [0.2, 0.25) is 0 Å². The third-order valence-electron chi connectivity index (χ3n) is 5.34. The van der Waals surface area contributed by atoms with Crippen molar-refractivity contribution in [2.45, 2.75) is 27.3 Å². The average Bonchev–Trinajstić information content (AvgIpc) is 2.65. The molecular formula is C22H29N3O3S. The molecule has 3 rings (SSSR count). The SMILES string of the molecule is Cc1cc(C)c(NC(=O)c2ccc(CN3CCN(S(C)(=O)=O)CC3)cc2)c(C)c1. The van der Waals surface area contributed by atoms with Gasteiger partial charge in [0.15, 0.2) is 0 Å². The van der Waals surface area contributed by atoms with Gasteiger partial charge in [0, 0.05) is 44.0 Å². The Hall–Kier alpha value is -2.22. The second kappa shape index (κ2) is 8.65. The lowest BCUT2D eigenvalue weighted by Crippen LogP contribution is -2.47. The van der Waals surface area contributed by atoms with E-state index in [1.54, 1.807) is 0 Å². The van der Waals surface area contributed by atoms with Crippen molar-refractivity contribution in [1.29, 1.82) is 0 Å². The molecule has 1 amide bonds. The number of nitrogens with one attached hydrogen (secondary N) is 1. The number of sulfonamides is 1. The molecule has 1 fully saturated rings. The normalized spacial score (nSPS) is 16.0. The van der Waals surface area contributed by atoms with E-state index in [4.69, 9.17) is 0 Å². The van der Waals surface area contributed by atoms with Crippen molar-refractivity contribution in [1.82, 2.24) is 9.21 Å². The molecule has 2 aromatic rings. The Morgan fingerprint density at radius 1 is 0.966 bits per heavy atom. The van der Waals surface area contributed by atoms with Crippen LogP contribution in [0.4, 0.5) is 5.69 Å². The van der Waals surface area contributed by atoms with Crippen LogP contribution in [0.25, 0.3) is 0 Å². The molecule has 0 aliphatic carbocycles. The molecule has 1 N–H and O–H groups in total. The fourth-order valence-electron chi connectivity index (χ4n) is 3.80. The largest absolute Gasteiger partial charge is 0.322 e. The number of benzene rings is 2. The minimum atomic E-state index is -3.11. The molecular weight excluding hydrogens is 386 g/mol. The molecule has 2 aromatic carbocycles. The zero-order valence-electron chi connectivity index (χ0n) is 17.5. The van der Waals surface area contributed by atoms with E-state index in [1.807, 2.05) is 45.0 Å². The lowest BCUT2D eigenvalue weighted by Gasteiger charge is -2.33. The summed E-state index contributed by atoms with van der Waals surface area (Å²) < 4.78 is 24.7. The van der Waals surface area contributed by atoms with Gasteiger partial charge >= 0.3 is 0 Å². The lowest BCUT2D eigenvalue weighted by molar-refractivity contribution is 0.102. The van der Waals surface area contributed by atoms with Gasteiger partial charge in [0.05, 0.1) is 6.26 Å². The summed E-state index contributed by atoms with van der Waals surface area (Å²) in [6.07, 6.45) is 1.26. The standard InChI is InChI=1S/C22H29N3O3S/c1-16-13-17(2)21(18(3)14-16)23-22(26)20-7-5-19(6-8-20)15-24-9-11-25(12-10-24)29(4,27)28/h5-8,13-14H,9-12,15H2,1-4H3,(H,23,26).